The Morgan fingerprint density at radius 3 is 2.72 bits per heavy atom. The van der Waals surface area contributed by atoms with Crippen LogP contribution in [0.5, 0.6) is 5.75 Å². The zero-order valence-corrected chi connectivity index (χ0v) is 16.9. The van der Waals surface area contributed by atoms with Crippen LogP contribution in [-0.4, -0.2) is 18.4 Å². The minimum atomic E-state index is -0.254. The molecule has 0 saturated heterocycles. The summed E-state index contributed by atoms with van der Waals surface area (Å²) in [6.45, 7) is 2.89. The van der Waals surface area contributed by atoms with E-state index in [-0.39, 0.29) is 17.7 Å². The molecule has 6 heteroatoms. The SMILES string of the molecule is Cc1ccc(CNC(=O)C2COc3ccc(NC(=O)c4cccs4)cc3C2)cc1. The zero-order chi connectivity index (χ0) is 20.2. The largest absolute Gasteiger partial charge is 0.492 e. The summed E-state index contributed by atoms with van der Waals surface area (Å²) in [5, 5.41) is 7.77. The number of thiophene rings is 1. The number of rotatable bonds is 5. The molecule has 2 aromatic carbocycles. The number of nitrogens with one attached hydrogen (secondary N) is 2. The Balaban J connectivity index is 1.38. The van der Waals surface area contributed by atoms with Gasteiger partial charge in [0.1, 0.15) is 12.4 Å². The number of hydrogen-bond acceptors (Lipinski definition) is 4. The predicted octanol–water partition coefficient (Wildman–Crippen LogP) is 4.18. The van der Waals surface area contributed by atoms with Gasteiger partial charge in [-0.1, -0.05) is 35.9 Å². The topological polar surface area (TPSA) is 67.4 Å². The molecule has 1 unspecified atom stereocenters. The lowest BCUT2D eigenvalue weighted by Crippen LogP contribution is -2.37. The molecule has 1 aliphatic heterocycles. The molecule has 0 radical (unpaired) electrons. The monoisotopic (exact) mass is 406 g/mol. The van der Waals surface area contributed by atoms with Gasteiger partial charge in [0.2, 0.25) is 5.91 Å². The van der Waals surface area contributed by atoms with Crippen molar-refractivity contribution in [2.75, 3.05) is 11.9 Å². The molecular weight excluding hydrogens is 384 g/mol. The van der Waals surface area contributed by atoms with Crippen molar-refractivity contribution in [1.82, 2.24) is 5.32 Å². The first-order valence-electron chi connectivity index (χ1n) is 9.52. The van der Waals surface area contributed by atoms with Crippen molar-refractivity contribution in [3.63, 3.8) is 0 Å². The van der Waals surface area contributed by atoms with Crippen LogP contribution in [0.2, 0.25) is 0 Å². The Hall–Kier alpha value is -3.12. The number of carbonyl (C=O) groups is 2. The first kappa shape index (κ1) is 19.2. The van der Waals surface area contributed by atoms with Gasteiger partial charge in [0.25, 0.3) is 5.91 Å². The minimum absolute atomic E-state index is 0.0238. The molecule has 1 aromatic heterocycles. The van der Waals surface area contributed by atoms with Crippen LogP contribution < -0.4 is 15.4 Å². The molecule has 1 atom stereocenters. The molecule has 148 valence electrons. The number of carbonyl (C=O) groups excluding carboxylic acids is 2. The number of hydrogen-bond donors (Lipinski definition) is 2. The second-order valence-electron chi connectivity index (χ2n) is 7.17. The minimum Gasteiger partial charge on any atom is -0.492 e. The molecule has 0 fully saturated rings. The van der Waals surface area contributed by atoms with E-state index in [9.17, 15) is 9.59 Å². The second kappa shape index (κ2) is 8.49. The van der Waals surface area contributed by atoms with E-state index in [1.54, 1.807) is 6.07 Å². The molecule has 2 N–H and O–H groups in total. The van der Waals surface area contributed by atoms with Gasteiger partial charge in [-0.25, -0.2) is 0 Å². The van der Waals surface area contributed by atoms with E-state index in [4.69, 9.17) is 4.74 Å². The molecule has 4 rings (SSSR count). The molecule has 2 heterocycles. The van der Waals surface area contributed by atoms with Crippen molar-refractivity contribution in [1.29, 1.82) is 0 Å². The van der Waals surface area contributed by atoms with Crippen molar-refractivity contribution >= 4 is 28.8 Å². The molecular formula is C23H22N2O3S. The molecule has 0 aliphatic carbocycles. The van der Waals surface area contributed by atoms with Crippen LogP contribution in [0.1, 0.15) is 26.4 Å². The van der Waals surface area contributed by atoms with E-state index in [2.05, 4.69) is 10.6 Å². The van der Waals surface area contributed by atoms with Crippen molar-refractivity contribution in [2.24, 2.45) is 5.92 Å². The fourth-order valence-electron chi connectivity index (χ4n) is 3.28. The lowest BCUT2D eigenvalue weighted by molar-refractivity contribution is -0.126. The third kappa shape index (κ3) is 4.66. The fourth-order valence-corrected chi connectivity index (χ4v) is 3.90. The number of ether oxygens (including phenoxy) is 1. The van der Waals surface area contributed by atoms with Crippen molar-refractivity contribution < 1.29 is 14.3 Å². The van der Waals surface area contributed by atoms with Gasteiger partial charge in [0.15, 0.2) is 0 Å². The standard InChI is InChI=1S/C23H22N2O3S/c1-15-4-6-16(7-5-15)13-24-22(26)18-11-17-12-19(8-9-20(17)28-14-18)25-23(27)21-3-2-10-29-21/h2-10,12,18H,11,13-14H2,1H3,(H,24,26)(H,25,27). The van der Waals surface area contributed by atoms with Gasteiger partial charge in [-0.15, -0.1) is 11.3 Å². The van der Waals surface area contributed by atoms with Crippen LogP contribution in [0, 0.1) is 12.8 Å². The molecule has 0 spiro atoms. The maximum absolute atomic E-state index is 12.6. The average Bonchev–Trinajstić information content (AvgIpc) is 3.28. The summed E-state index contributed by atoms with van der Waals surface area (Å²) in [4.78, 5) is 25.5. The lowest BCUT2D eigenvalue weighted by Gasteiger charge is -2.25. The van der Waals surface area contributed by atoms with Gasteiger partial charge in [-0.05, 0) is 54.1 Å². The predicted molar refractivity (Wildman–Crippen MR) is 114 cm³/mol. The smallest absolute Gasteiger partial charge is 0.265 e. The first-order valence-corrected chi connectivity index (χ1v) is 10.4. The second-order valence-corrected chi connectivity index (χ2v) is 8.12. The summed E-state index contributed by atoms with van der Waals surface area (Å²) in [5.74, 6) is 0.353. The van der Waals surface area contributed by atoms with E-state index in [0.717, 1.165) is 16.9 Å². The number of anilines is 1. The molecule has 1 aliphatic rings. The van der Waals surface area contributed by atoms with Crippen LogP contribution in [0.4, 0.5) is 5.69 Å². The van der Waals surface area contributed by atoms with E-state index >= 15 is 0 Å². The van der Waals surface area contributed by atoms with E-state index in [1.165, 1.54) is 16.9 Å². The van der Waals surface area contributed by atoms with Crippen molar-refractivity contribution in [3.8, 4) is 5.75 Å². The summed E-state index contributed by atoms with van der Waals surface area (Å²) >= 11 is 1.40. The quantitative estimate of drug-likeness (QED) is 0.668. The Morgan fingerprint density at radius 2 is 1.97 bits per heavy atom. The highest BCUT2D eigenvalue weighted by molar-refractivity contribution is 7.12. The van der Waals surface area contributed by atoms with Gasteiger partial charge in [0.05, 0.1) is 10.8 Å². The summed E-state index contributed by atoms with van der Waals surface area (Å²) in [6.07, 6.45) is 0.581. The maximum atomic E-state index is 12.6. The fraction of sp³-hybridized carbons (Fsp3) is 0.217. The third-order valence-electron chi connectivity index (χ3n) is 4.93. The van der Waals surface area contributed by atoms with Gasteiger partial charge < -0.3 is 15.4 Å². The van der Waals surface area contributed by atoms with Crippen LogP contribution in [0.25, 0.3) is 0 Å². The van der Waals surface area contributed by atoms with Crippen molar-refractivity contribution in [3.05, 3.63) is 81.5 Å². The van der Waals surface area contributed by atoms with Crippen LogP contribution in [-0.2, 0) is 17.8 Å². The Labute approximate surface area is 173 Å². The molecule has 5 nitrogen and oxygen atoms in total. The zero-order valence-electron chi connectivity index (χ0n) is 16.1. The van der Waals surface area contributed by atoms with Crippen molar-refractivity contribution in [2.45, 2.75) is 19.9 Å². The Bertz CT molecular complexity index is 1010. The number of fused-ring (bicyclic) bond motifs is 1. The Kier molecular flexibility index (Phi) is 5.62. The van der Waals surface area contributed by atoms with E-state index in [0.29, 0.717) is 30.1 Å². The molecule has 3 aromatic rings. The van der Waals surface area contributed by atoms with Crippen LogP contribution >= 0.6 is 11.3 Å². The number of amides is 2. The average molecular weight is 407 g/mol. The summed E-state index contributed by atoms with van der Waals surface area (Å²) in [7, 11) is 0. The van der Waals surface area contributed by atoms with Crippen LogP contribution in [0.3, 0.4) is 0 Å². The first-order chi connectivity index (χ1) is 14.1. The molecule has 2 amide bonds. The maximum Gasteiger partial charge on any atom is 0.265 e. The summed E-state index contributed by atoms with van der Waals surface area (Å²) in [6, 6.07) is 17.3. The van der Waals surface area contributed by atoms with Gasteiger partial charge >= 0.3 is 0 Å². The Morgan fingerprint density at radius 1 is 1.14 bits per heavy atom. The van der Waals surface area contributed by atoms with Gasteiger partial charge in [-0.2, -0.15) is 0 Å². The molecule has 0 saturated carbocycles. The van der Waals surface area contributed by atoms with Gasteiger partial charge in [0, 0.05) is 12.2 Å². The van der Waals surface area contributed by atoms with E-state index in [1.807, 2.05) is 60.8 Å². The summed E-state index contributed by atoms with van der Waals surface area (Å²) in [5.41, 5.74) is 3.89. The number of benzene rings is 2. The van der Waals surface area contributed by atoms with Crippen LogP contribution in [0.15, 0.2) is 60.0 Å². The highest BCUT2D eigenvalue weighted by Gasteiger charge is 2.26. The number of aryl methyl sites for hydroxylation is 1. The van der Waals surface area contributed by atoms with Gasteiger partial charge in [-0.3, -0.25) is 9.59 Å². The third-order valence-corrected chi connectivity index (χ3v) is 5.80. The lowest BCUT2D eigenvalue weighted by atomic mass is 9.95. The molecule has 29 heavy (non-hydrogen) atoms. The summed E-state index contributed by atoms with van der Waals surface area (Å²) < 4.78 is 5.79. The highest BCUT2D eigenvalue weighted by atomic mass is 32.1. The van der Waals surface area contributed by atoms with E-state index < -0.39 is 0 Å². The molecule has 0 bridgehead atoms. The normalized spacial score (nSPS) is 15.1. The highest BCUT2D eigenvalue weighted by Crippen LogP contribution is 2.30.